The Bertz CT molecular complexity index is 436. The summed E-state index contributed by atoms with van der Waals surface area (Å²) in [5.41, 5.74) is 0.272. The van der Waals surface area contributed by atoms with Crippen LogP contribution in [-0.2, 0) is 19.1 Å². The van der Waals surface area contributed by atoms with Crippen LogP contribution in [0.25, 0.3) is 0 Å². The van der Waals surface area contributed by atoms with Crippen molar-refractivity contribution in [3.05, 3.63) is 23.5 Å². The van der Waals surface area contributed by atoms with E-state index in [9.17, 15) is 9.59 Å². The molecule has 2 rings (SSSR count). The summed E-state index contributed by atoms with van der Waals surface area (Å²) >= 11 is 0. The lowest BCUT2D eigenvalue weighted by molar-refractivity contribution is -0.157. The fourth-order valence-corrected chi connectivity index (χ4v) is 2.47. The molecule has 0 saturated heterocycles. The zero-order valence-electron chi connectivity index (χ0n) is 9.83. The normalized spacial score (nSPS) is 29.9. The molecule has 0 radical (unpaired) electrons. The summed E-state index contributed by atoms with van der Waals surface area (Å²) < 4.78 is 10.6. The number of rotatable bonds is 4. The van der Waals surface area contributed by atoms with Crippen molar-refractivity contribution in [3.63, 3.8) is 0 Å². The largest absolute Gasteiger partial charge is 0.478 e. The summed E-state index contributed by atoms with van der Waals surface area (Å²) in [7, 11) is 0. The molecule has 1 aliphatic heterocycles. The number of hydrogen-bond donors (Lipinski definition) is 2. The van der Waals surface area contributed by atoms with Crippen LogP contribution in [-0.4, -0.2) is 35.0 Å². The number of ether oxygens (including phenoxy) is 2. The lowest BCUT2D eigenvalue weighted by Gasteiger charge is -2.33. The first kappa shape index (κ1) is 12.6. The highest BCUT2D eigenvalue weighted by Gasteiger charge is 2.46. The summed E-state index contributed by atoms with van der Waals surface area (Å²) in [5.74, 6) is -3.08. The molecule has 0 aromatic rings. The van der Waals surface area contributed by atoms with Crippen molar-refractivity contribution in [2.75, 3.05) is 6.61 Å². The van der Waals surface area contributed by atoms with Gasteiger partial charge in [0, 0.05) is 18.1 Å². The maximum absolute atomic E-state index is 11.1. The zero-order chi connectivity index (χ0) is 13.3. The molecule has 3 unspecified atom stereocenters. The summed E-state index contributed by atoms with van der Waals surface area (Å²) in [6, 6.07) is 0. The molecule has 6 heteroatoms. The summed E-state index contributed by atoms with van der Waals surface area (Å²) in [6.07, 6.45) is 2.38. The van der Waals surface area contributed by atoms with E-state index in [1.54, 1.807) is 13.0 Å². The first-order valence-electron chi connectivity index (χ1n) is 5.70. The molecule has 18 heavy (non-hydrogen) atoms. The van der Waals surface area contributed by atoms with Gasteiger partial charge in [0.05, 0.1) is 17.8 Å². The van der Waals surface area contributed by atoms with E-state index in [0.717, 1.165) is 0 Å². The summed E-state index contributed by atoms with van der Waals surface area (Å²) in [4.78, 5) is 22.2. The molecule has 2 N–H and O–H groups in total. The van der Waals surface area contributed by atoms with Crippen molar-refractivity contribution >= 4 is 11.9 Å². The smallest absolute Gasteiger partial charge is 0.335 e. The first-order valence-corrected chi connectivity index (χ1v) is 5.70. The zero-order valence-corrected chi connectivity index (χ0v) is 9.83. The van der Waals surface area contributed by atoms with E-state index >= 15 is 0 Å². The number of carbonyl (C=O) groups is 2. The van der Waals surface area contributed by atoms with Gasteiger partial charge in [0.15, 0.2) is 0 Å². The predicted octanol–water partition coefficient (Wildman–Crippen LogP) is 0.995. The molecule has 6 nitrogen and oxygen atoms in total. The topological polar surface area (TPSA) is 93.1 Å². The van der Waals surface area contributed by atoms with E-state index in [0.29, 0.717) is 13.0 Å². The van der Waals surface area contributed by atoms with Gasteiger partial charge in [-0.15, -0.1) is 0 Å². The SMILES string of the molecule is CCOC1OC=C(C(=O)O)C2CC=C(C(=O)O)C12. The van der Waals surface area contributed by atoms with Crippen LogP contribution in [0.4, 0.5) is 0 Å². The number of hydrogen-bond acceptors (Lipinski definition) is 4. The van der Waals surface area contributed by atoms with Gasteiger partial charge in [0.25, 0.3) is 0 Å². The van der Waals surface area contributed by atoms with Gasteiger partial charge in [-0.3, -0.25) is 0 Å². The number of fused-ring (bicyclic) bond motifs is 1. The molecule has 0 spiro atoms. The number of carboxylic acid groups (broad SMARTS) is 2. The van der Waals surface area contributed by atoms with Crippen molar-refractivity contribution in [1.29, 1.82) is 0 Å². The Hall–Kier alpha value is -1.82. The molecule has 98 valence electrons. The quantitative estimate of drug-likeness (QED) is 0.777. The molecule has 3 atom stereocenters. The van der Waals surface area contributed by atoms with E-state index in [-0.39, 0.29) is 17.1 Å². The van der Waals surface area contributed by atoms with E-state index in [4.69, 9.17) is 19.7 Å². The fraction of sp³-hybridized carbons (Fsp3) is 0.500. The van der Waals surface area contributed by atoms with Crippen LogP contribution in [0.5, 0.6) is 0 Å². The second-order valence-electron chi connectivity index (χ2n) is 4.17. The number of allylic oxidation sites excluding steroid dienone is 1. The Morgan fingerprint density at radius 2 is 2.06 bits per heavy atom. The molecule has 0 aromatic carbocycles. The highest BCUT2D eigenvalue weighted by Crippen LogP contribution is 2.43. The third-order valence-electron chi connectivity index (χ3n) is 3.23. The average molecular weight is 254 g/mol. The van der Waals surface area contributed by atoms with Gasteiger partial charge in [0.2, 0.25) is 6.29 Å². The van der Waals surface area contributed by atoms with Crippen molar-refractivity contribution in [3.8, 4) is 0 Å². The Morgan fingerprint density at radius 3 is 2.61 bits per heavy atom. The van der Waals surface area contributed by atoms with Crippen LogP contribution in [0.1, 0.15) is 13.3 Å². The Morgan fingerprint density at radius 1 is 1.39 bits per heavy atom. The van der Waals surface area contributed by atoms with Crippen molar-refractivity contribution in [2.45, 2.75) is 19.6 Å². The van der Waals surface area contributed by atoms with Crippen molar-refractivity contribution in [2.24, 2.45) is 11.8 Å². The molecular formula is C12H14O6. The number of aliphatic carboxylic acids is 2. The summed E-state index contributed by atoms with van der Waals surface area (Å²) in [5, 5.41) is 18.2. The van der Waals surface area contributed by atoms with Gasteiger partial charge >= 0.3 is 11.9 Å². The maximum atomic E-state index is 11.1. The molecule has 0 bridgehead atoms. The monoisotopic (exact) mass is 254 g/mol. The molecular weight excluding hydrogens is 240 g/mol. The average Bonchev–Trinajstić information content (AvgIpc) is 2.74. The minimum Gasteiger partial charge on any atom is -0.478 e. The van der Waals surface area contributed by atoms with E-state index in [1.807, 2.05) is 0 Å². The van der Waals surface area contributed by atoms with Crippen LogP contribution in [0.15, 0.2) is 23.5 Å². The second-order valence-corrected chi connectivity index (χ2v) is 4.17. The first-order chi connectivity index (χ1) is 8.56. The maximum Gasteiger partial charge on any atom is 0.335 e. The van der Waals surface area contributed by atoms with Gasteiger partial charge in [-0.2, -0.15) is 0 Å². The summed E-state index contributed by atoms with van der Waals surface area (Å²) in [6.45, 7) is 2.14. The standard InChI is InChI=1S/C12H14O6/c1-2-17-12-9-6(3-4-7(9)10(13)14)8(5-18-12)11(15)16/h4-6,9,12H,2-3H2,1H3,(H,13,14)(H,15,16). The highest BCUT2D eigenvalue weighted by molar-refractivity contribution is 5.91. The third-order valence-corrected chi connectivity index (χ3v) is 3.23. The van der Waals surface area contributed by atoms with Crippen molar-refractivity contribution < 1.29 is 29.3 Å². The predicted molar refractivity (Wildman–Crippen MR) is 59.5 cm³/mol. The van der Waals surface area contributed by atoms with Crippen LogP contribution in [0, 0.1) is 11.8 Å². The Balaban J connectivity index is 2.32. The van der Waals surface area contributed by atoms with E-state index in [1.165, 1.54) is 6.26 Å². The molecule has 0 aromatic heterocycles. The fourth-order valence-electron chi connectivity index (χ4n) is 2.47. The molecule has 0 saturated carbocycles. The molecule has 1 heterocycles. The van der Waals surface area contributed by atoms with Crippen LogP contribution >= 0.6 is 0 Å². The molecule has 2 aliphatic rings. The van der Waals surface area contributed by atoms with Crippen LogP contribution < -0.4 is 0 Å². The van der Waals surface area contributed by atoms with Gasteiger partial charge in [-0.05, 0) is 13.3 Å². The second kappa shape index (κ2) is 4.81. The van der Waals surface area contributed by atoms with Gasteiger partial charge < -0.3 is 19.7 Å². The molecule has 1 aliphatic carbocycles. The third kappa shape index (κ3) is 1.99. The Labute approximate surface area is 104 Å². The number of carboxylic acids is 2. The van der Waals surface area contributed by atoms with Crippen LogP contribution in [0.3, 0.4) is 0 Å². The van der Waals surface area contributed by atoms with E-state index in [2.05, 4.69) is 0 Å². The minimum absolute atomic E-state index is 0.100. The van der Waals surface area contributed by atoms with E-state index < -0.39 is 24.1 Å². The lowest BCUT2D eigenvalue weighted by Crippen LogP contribution is -2.38. The molecule has 0 amide bonds. The molecule has 0 fully saturated rings. The lowest BCUT2D eigenvalue weighted by atomic mass is 9.83. The van der Waals surface area contributed by atoms with Gasteiger partial charge in [-0.25, -0.2) is 9.59 Å². The minimum atomic E-state index is -1.08. The highest BCUT2D eigenvalue weighted by atomic mass is 16.7. The van der Waals surface area contributed by atoms with Gasteiger partial charge in [0.1, 0.15) is 0 Å². The van der Waals surface area contributed by atoms with Crippen molar-refractivity contribution in [1.82, 2.24) is 0 Å². The van der Waals surface area contributed by atoms with Crippen LogP contribution in [0.2, 0.25) is 0 Å². The Kier molecular flexibility index (Phi) is 3.38. The van der Waals surface area contributed by atoms with Gasteiger partial charge in [-0.1, -0.05) is 6.08 Å².